The SMILES string of the molecule is C=C.C=C.C=C.C=C.C=C.C=C.C=C.C=C.C=C.C=C.C=C.C=C.C=C.C=C.C=C.C=C.C=C.C=C.CCCCCCCC/C=C\CCCCCCCC(=O)OCCO. The summed E-state index contributed by atoms with van der Waals surface area (Å²) in [5.41, 5.74) is 0. The van der Waals surface area contributed by atoms with Gasteiger partial charge >= 0.3 is 5.97 Å². The molecule has 0 fully saturated rings. The minimum Gasteiger partial charge on any atom is -0.463 e. The molecule has 0 heterocycles. The van der Waals surface area contributed by atoms with Gasteiger partial charge in [-0.15, -0.1) is 237 Å². The Kier molecular flexibility index (Phi) is 1070. The average Bonchev–Trinajstić information content (AvgIpc) is 3.40. The summed E-state index contributed by atoms with van der Waals surface area (Å²) >= 11 is 0. The molecule has 0 atom stereocenters. The maximum absolute atomic E-state index is 11.2. The molecular formula is C56H110O3. The highest BCUT2D eigenvalue weighted by atomic mass is 16.5. The number of aliphatic hydroxyl groups excluding tert-OH is 1. The molecule has 0 rings (SSSR count). The Bertz CT molecular complexity index is 442. The van der Waals surface area contributed by atoms with Crippen molar-refractivity contribution in [3.63, 3.8) is 0 Å². The largest absolute Gasteiger partial charge is 0.463 e. The molecule has 0 unspecified atom stereocenters. The van der Waals surface area contributed by atoms with Gasteiger partial charge in [-0.3, -0.25) is 4.79 Å². The van der Waals surface area contributed by atoms with Crippen molar-refractivity contribution in [1.82, 2.24) is 0 Å². The van der Waals surface area contributed by atoms with Crippen LogP contribution in [0.3, 0.4) is 0 Å². The first kappa shape index (κ1) is 124. The zero-order chi connectivity index (χ0) is 53.0. The van der Waals surface area contributed by atoms with Crippen LogP contribution in [0.5, 0.6) is 0 Å². The molecule has 0 spiro atoms. The van der Waals surface area contributed by atoms with E-state index in [1.807, 2.05) is 0 Å². The molecule has 3 nitrogen and oxygen atoms in total. The van der Waals surface area contributed by atoms with Crippen molar-refractivity contribution in [2.75, 3.05) is 13.2 Å². The number of hydrogen-bond acceptors (Lipinski definition) is 3. The molecule has 0 aromatic heterocycles. The number of ether oxygens (including phenoxy) is 1. The van der Waals surface area contributed by atoms with E-state index in [1.54, 1.807) is 0 Å². The molecule has 1 N–H and O–H groups in total. The van der Waals surface area contributed by atoms with Gasteiger partial charge in [0.2, 0.25) is 0 Å². The molecule has 59 heavy (non-hydrogen) atoms. The summed E-state index contributed by atoms with van der Waals surface area (Å²) in [5, 5.41) is 8.54. The van der Waals surface area contributed by atoms with E-state index in [9.17, 15) is 4.79 Å². The van der Waals surface area contributed by atoms with Gasteiger partial charge in [-0.25, -0.2) is 0 Å². The Balaban J connectivity index is -0.0000000218. The normalized spacial score (nSPS) is 5.59. The topological polar surface area (TPSA) is 46.5 Å². The van der Waals surface area contributed by atoms with Crippen LogP contribution in [0, 0.1) is 0 Å². The Labute approximate surface area is 378 Å². The number of esters is 1. The van der Waals surface area contributed by atoms with Crippen molar-refractivity contribution < 1.29 is 14.6 Å². The second-order valence-electron chi connectivity index (χ2n) is 6.28. The molecule has 0 aliphatic heterocycles. The van der Waals surface area contributed by atoms with E-state index in [0.717, 1.165) is 12.8 Å². The third kappa shape index (κ3) is 558. The van der Waals surface area contributed by atoms with Gasteiger partial charge in [0.15, 0.2) is 0 Å². The van der Waals surface area contributed by atoms with E-state index < -0.39 is 0 Å². The van der Waals surface area contributed by atoms with Crippen molar-refractivity contribution in [2.45, 2.75) is 96.8 Å². The monoisotopic (exact) mass is 831 g/mol. The van der Waals surface area contributed by atoms with Gasteiger partial charge in [-0.2, -0.15) is 0 Å². The number of carbonyl (C=O) groups excluding carboxylic acids is 1. The molecule has 0 saturated heterocycles. The minimum absolute atomic E-state index is 0.0852. The van der Waals surface area contributed by atoms with Crippen LogP contribution in [0.15, 0.2) is 249 Å². The zero-order valence-corrected chi connectivity index (χ0v) is 40.7. The molecule has 0 radical (unpaired) electrons. The second-order valence-corrected chi connectivity index (χ2v) is 6.28. The van der Waals surface area contributed by atoms with Crippen LogP contribution in [0.1, 0.15) is 96.8 Å². The summed E-state index contributed by atoms with van der Waals surface area (Å²) in [6.07, 6.45) is 21.5. The maximum atomic E-state index is 11.2. The number of aliphatic hydroxyl groups is 1. The zero-order valence-electron chi connectivity index (χ0n) is 40.7. The molecule has 0 bridgehead atoms. The third-order valence-corrected chi connectivity index (χ3v) is 4.00. The highest BCUT2D eigenvalue weighted by Gasteiger charge is 2.01. The van der Waals surface area contributed by atoms with Crippen LogP contribution in [0.25, 0.3) is 0 Å². The molecule has 0 aromatic rings. The van der Waals surface area contributed by atoms with Crippen LogP contribution >= 0.6 is 0 Å². The lowest BCUT2D eigenvalue weighted by Crippen LogP contribution is -2.07. The molecule has 0 aliphatic rings. The fourth-order valence-corrected chi connectivity index (χ4v) is 2.57. The van der Waals surface area contributed by atoms with Gasteiger partial charge in [0, 0.05) is 6.42 Å². The number of hydrogen-bond donors (Lipinski definition) is 1. The summed E-state index contributed by atoms with van der Waals surface area (Å²) in [7, 11) is 0. The van der Waals surface area contributed by atoms with E-state index in [-0.39, 0.29) is 19.2 Å². The second kappa shape index (κ2) is 512. The predicted octanol–water partition coefficient (Wildman–Crippen LogP) is 20.0. The van der Waals surface area contributed by atoms with Crippen molar-refractivity contribution in [1.29, 1.82) is 0 Å². The molecule has 0 amide bonds. The maximum Gasteiger partial charge on any atom is 0.305 e. The van der Waals surface area contributed by atoms with E-state index in [4.69, 9.17) is 9.84 Å². The van der Waals surface area contributed by atoms with Gasteiger partial charge in [-0.1, -0.05) is 70.4 Å². The quantitative estimate of drug-likeness (QED) is 0.0902. The van der Waals surface area contributed by atoms with E-state index >= 15 is 0 Å². The van der Waals surface area contributed by atoms with Crippen LogP contribution in [-0.4, -0.2) is 24.3 Å². The Morgan fingerprint density at radius 2 is 0.559 bits per heavy atom. The Morgan fingerprint density at radius 1 is 0.356 bits per heavy atom. The van der Waals surface area contributed by atoms with Gasteiger partial charge < -0.3 is 9.84 Å². The van der Waals surface area contributed by atoms with Gasteiger partial charge in [0.25, 0.3) is 0 Å². The third-order valence-electron chi connectivity index (χ3n) is 4.00. The lowest BCUT2D eigenvalue weighted by Gasteiger charge is -2.02. The van der Waals surface area contributed by atoms with Crippen LogP contribution in [0.4, 0.5) is 0 Å². The lowest BCUT2D eigenvalue weighted by molar-refractivity contribution is -0.144. The first-order valence-electron chi connectivity index (χ1n) is 18.7. The van der Waals surface area contributed by atoms with E-state index in [0.29, 0.717) is 6.42 Å². The summed E-state index contributed by atoms with van der Waals surface area (Å²) in [5.74, 6) is -0.184. The first-order chi connectivity index (χ1) is 29.3. The fraction of sp³-hybridized carbons (Fsp3) is 0.304. The molecule has 0 saturated carbocycles. The van der Waals surface area contributed by atoms with Gasteiger partial charge in [0.05, 0.1) is 6.61 Å². The van der Waals surface area contributed by atoms with Crippen molar-refractivity contribution in [3.8, 4) is 0 Å². The number of unbranched alkanes of at least 4 members (excludes halogenated alkanes) is 11. The summed E-state index contributed by atoms with van der Waals surface area (Å²) in [4.78, 5) is 11.2. The Morgan fingerprint density at radius 3 is 0.780 bits per heavy atom. The van der Waals surface area contributed by atoms with Gasteiger partial charge in [-0.05, 0) is 32.1 Å². The summed E-state index contributed by atoms with van der Waals surface area (Å²) < 4.78 is 4.81. The van der Waals surface area contributed by atoms with E-state index in [1.165, 1.54) is 70.6 Å². The smallest absolute Gasteiger partial charge is 0.305 e. The number of rotatable bonds is 17. The number of allylic oxidation sites excluding steroid dienone is 2. The minimum atomic E-state index is -0.184. The molecular weight excluding hydrogens is 721 g/mol. The molecule has 0 aromatic carbocycles. The standard InChI is InChI=1S/C20H38O3.18C2H4/c1-2-3-4-5-6-7-8-9-10-11-12-13-14-15-16-17-20(22)23-19-18-21;18*1-2/h9-10,21H,2-8,11-19H2,1H3;18*1-2H2/b10-9-;;;;;;;;;;;;;;;;;;. The Hall–Kier alpha value is -5.51. The average molecular weight is 831 g/mol. The first-order valence-corrected chi connectivity index (χ1v) is 18.7. The fourth-order valence-electron chi connectivity index (χ4n) is 2.57. The molecule has 3 heteroatoms. The molecule has 0 aliphatic carbocycles. The van der Waals surface area contributed by atoms with E-state index in [2.05, 4.69) is 256 Å². The van der Waals surface area contributed by atoms with Crippen molar-refractivity contribution in [2.24, 2.45) is 0 Å². The lowest BCUT2D eigenvalue weighted by atomic mass is 10.1. The van der Waals surface area contributed by atoms with Crippen molar-refractivity contribution >= 4 is 5.97 Å². The molecule has 352 valence electrons. The highest BCUT2D eigenvalue weighted by molar-refractivity contribution is 5.69. The predicted molar refractivity (Wildman–Crippen MR) is 300 cm³/mol. The van der Waals surface area contributed by atoms with Crippen LogP contribution in [-0.2, 0) is 9.53 Å². The van der Waals surface area contributed by atoms with Crippen LogP contribution < -0.4 is 0 Å². The number of carbonyl (C=O) groups is 1. The highest BCUT2D eigenvalue weighted by Crippen LogP contribution is 2.10. The summed E-state index contributed by atoms with van der Waals surface area (Å²) in [6.45, 7) is 110. The summed E-state index contributed by atoms with van der Waals surface area (Å²) in [6, 6.07) is 0. The van der Waals surface area contributed by atoms with Crippen molar-refractivity contribution in [3.05, 3.63) is 249 Å². The van der Waals surface area contributed by atoms with Crippen LogP contribution in [0.2, 0.25) is 0 Å². The van der Waals surface area contributed by atoms with Gasteiger partial charge in [0.1, 0.15) is 6.61 Å².